The van der Waals surface area contributed by atoms with Gasteiger partial charge < -0.3 is 0 Å². The van der Waals surface area contributed by atoms with E-state index >= 15 is 0 Å². The van der Waals surface area contributed by atoms with Gasteiger partial charge in [-0.1, -0.05) is 30.7 Å². The number of carbonyl (C=O) groups is 1. The van der Waals surface area contributed by atoms with Crippen molar-refractivity contribution in [1.29, 1.82) is 0 Å². The monoisotopic (exact) mass is 188 g/mol. The van der Waals surface area contributed by atoms with Crippen LogP contribution in [-0.4, -0.2) is 5.78 Å². The predicted octanol–water partition coefficient (Wildman–Crippen LogP) is 3.00. The average Bonchev–Trinajstić information content (AvgIpc) is 2.18. The van der Waals surface area contributed by atoms with E-state index in [-0.39, 0.29) is 5.92 Å². The summed E-state index contributed by atoms with van der Waals surface area (Å²) in [6, 6.07) is 6.51. The molecular formula is C13H16O. The zero-order valence-electron chi connectivity index (χ0n) is 9.00. The third-order valence-corrected chi connectivity index (χ3v) is 3.37. The van der Waals surface area contributed by atoms with Crippen molar-refractivity contribution in [3.8, 4) is 0 Å². The van der Waals surface area contributed by atoms with Crippen molar-refractivity contribution in [1.82, 2.24) is 0 Å². The molecule has 1 aliphatic carbocycles. The summed E-state index contributed by atoms with van der Waals surface area (Å²) in [7, 11) is 0. The molecule has 1 aromatic rings. The van der Waals surface area contributed by atoms with Crippen LogP contribution in [0.4, 0.5) is 0 Å². The van der Waals surface area contributed by atoms with E-state index in [1.54, 1.807) is 0 Å². The fourth-order valence-corrected chi connectivity index (χ4v) is 2.18. The molecule has 0 amide bonds. The van der Waals surface area contributed by atoms with E-state index in [0.29, 0.717) is 11.7 Å². The van der Waals surface area contributed by atoms with Gasteiger partial charge in [0.1, 0.15) is 5.78 Å². The second kappa shape index (κ2) is 3.23. The van der Waals surface area contributed by atoms with Crippen LogP contribution in [0.3, 0.4) is 0 Å². The molecule has 0 saturated heterocycles. The molecule has 0 spiro atoms. The van der Waals surface area contributed by atoms with Crippen LogP contribution in [0.1, 0.15) is 36.0 Å². The lowest BCUT2D eigenvalue weighted by Crippen LogP contribution is -2.33. The summed E-state index contributed by atoms with van der Waals surface area (Å²) in [5.74, 6) is 1.12. The highest BCUT2D eigenvalue weighted by atomic mass is 16.1. The summed E-state index contributed by atoms with van der Waals surface area (Å²) in [5.41, 5.74) is 3.98. The molecule has 0 radical (unpaired) electrons. The van der Waals surface area contributed by atoms with Gasteiger partial charge in [-0.3, -0.25) is 4.79 Å². The molecule has 2 unspecified atom stereocenters. The number of benzene rings is 1. The molecule has 1 fully saturated rings. The Bertz CT molecular complexity index is 379. The SMILES string of the molecule is Cc1ccc(C)c(C2CC(=O)C2C)c1. The van der Waals surface area contributed by atoms with Gasteiger partial charge in [0.25, 0.3) is 0 Å². The number of hydrogen-bond acceptors (Lipinski definition) is 1. The molecule has 0 aromatic heterocycles. The molecule has 1 heteroatoms. The van der Waals surface area contributed by atoms with Gasteiger partial charge in [0, 0.05) is 18.3 Å². The Balaban J connectivity index is 2.33. The van der Waals surface area contributed by atoms with Crippen LogP contribution in [0.25, 0.3) is 0 Å². The largest absolute Gasteiger partial charge is 0.299 e. The first kappa shape index (κ1) is 9.45. The van der Waals surface area contributed by atoms with Gasteiger partial charge >= 0.3 is 0 Å². The minimum Gasteiger partial charge on any atom is -0.299 e. The van der Waals surface area contributed by atoms with Crippen LogP contribution in [0.15, 0.2) is 18.2 Å². The Labute approximate surface area is 85.1 Å². The van der Waals surface area contributed by atoms with Gasteiger partial charge in [0.05, 0.1) is 0 Å². The highest BCUT2D eigenvalue weighted by Gasteiger charge is 2.37. The second-order valence-electron chi connectivity index (χ2n) is 4.43. The van der Waals surface area contributed by atoms with Crippen molar-refractivity contribution in [2.75, 3.05) is 0 Å². The Hall–Kier alpha value is -1.11. The highest BCUT2D eigenvalue weighted by Crippen LogP contribution is 2.40. The molecular weight excluding hydrogens is 172 g/mol. The first-order chi connectivity index (χ1) is 6.59. The van der Waals surface area contributed by atoms with Crippen molar-refractivity contribution in [3.05, 3.63) is 34.9 Å². The third-order valence-electron chi connectivity index (χ3n) is 3.37. The van der Waals surface area contributed by atoms with Gasteiger partial charge in [-0.15, -0.1) is 0 Å². The van der Waals surface area contributed by atoms with E-state index in [1.807, 2.05) is 6.92 Å². The van der Waals surface area contributed by atoms with Crippen LogP contribution in [0, 0.1) is 19.8 Å². The van der Waals surface area contributed by atoms with Crippen LogP contribution in [-0.2, 0) is 4.79 Å². The molecule has 1 aromatic carbocycles. The van der Waals surface area contributed by atoms with Gasteiger partial charge in [0.15, 0.2) is 0 Å². The number of hydrogen-bond donors (Lipinski definition) is 0. The van der Waals surface area contributed by atoms with E-state index < -0.39 is 0 Å². The minimum absolute atomic E-state index is 0.232. The Kier molecular flexibility index (Phi) is 2.18. The average molecular weight is 188 g/mol. The third kappa shape index (κ3) is 1.37. The van der Waals surface area contributed by atoms with Crippen molar-refractivity contribution in [2.45, 2.75) is 33.1 Å². The van der Waals surface area contributed by atoms with E-state index in [1.165, 1.54) is 16.7 Å². The molecule has 0 heterocycles. The lowest BCUT2D eigenvalue weighted by molar-refractivity contribution is -0.130. The number of Topliss-reactive ketones (excluding diaryl/α,β-unsaturated/α-hetero) is 1. The molecule has 1 saturated carbocycles. The van der Waals surface area contributed by atoms with Crippen molar-refractivity contribution >= 4 is 5.78 Å². The Morgan fingerprint density at radius 3 is 2.57 bits per heavy atom. The molecule has 2 atom stereocenters. The maximum atomic E-state index is 11.2. The normalized spacial score (nSPS) is 26.1. The van der Waals surface area contributed by atoms with Crippen LogP contribution >= 0.6 is 0 Å². The predicted molar refractivity (Wildman–Crippen MR) is 57.4 cm³/mol. The fourth-order valence-electron chi connectivity index (χ4n) is 2.18. The second-order valence-corrected chi connectivity index (χ2v) is 4.43. The molecule has 1 nitrogen and oxygen atoms in total. The van der Waals surface area contributed by atoms with Gasteiger partial charge in [-0.05, 0) is 25.0 Å². The van der Waals surface area contributed by atoms with E-state index in [2.05, 4.69) is 32.0 Å². The summed E-state index contributed by atoms with van der Waals surface area (Å²) in [6.07, 6.45) is 0.742. The first-order valence-electron chi connectivity index (χ1n) is 5.19. The molecule has 14 heavy (non-hydrogen) atoms. The smallest absolute Gasteiger partial charge is 0.136 e. The Morgan fingerprint density at radius 2 is 2.00 bits per heavy atom. The number of rotatable bonds is 1. The Morgan fingerprint density at radius 1 is 1.29 bits per heavy atom. The van der Waals surface area contributed by atoms with Crippen molar-refractivity contribution in [3.63, 3.8) is 0 Å². The van der Waals surface area contributed by atoms with Gasteiger partial charge in [-0.25, -0.2) is 0 Å². The molecule has 0 N–H and O–H groups in total. The fraction of sp³-hybridized carbons (Fsp3) is 0.462. The zero-order valence-corrected chi connectivity index (χ0v) is 9.00. The van der Waals surface area contributed by atoms with E-state index in [4.69, 9.17) is 0 Å². The standard InChI is InChI=1S/C13H16O/c1-8-4-5-9(2)11(6-8)12-7-13(14)10(12)3/h4-6,10,12H,7H2,1-3H3. The summed E-state index contributed by atoms with van der Waals surface area (Å²) < 4.78 is 0. The van der Waals surface area contributed by atoms with E-state index in [0.717, 1.165) is 6.42 Å². The van der Waals surface area contributed by atoms with Gasteiger partial charge in [-0.2, -0.15) is 0 Å². The maximum absolute atomic E-state index is 11.2. The summed E-state index contributed by atoms with van der Waals surface area (Å²) in [6.45, 7) is 6.27. The number of aryl methyl sites for hydroxylation is 2. The minimum atomic E-state index is 0.232. The first-order valence-corrected chi connectivity index (χ1v) is 5.19. The topological polar surface area (TPSA) is 17.1 Å². The van der Waals surface area contributed by atoms with Crippen molar-refractivity contribution in [2.24, 2.45) is 5.92 Å². The van der Waals surface area contributed by atoms with Gasteiger partial charge in [0.2, 0.25) is 0 Å². The van der Waals surface area contributed by atoms with E-state index in [9.17, 15) is 4.79 Å². The van der Waals surface area contributed by atoms with Crippen LogP contribution in [0.5, 0.6) is 0 Å². The lowest BCUT2D eigenvalue weighted by Gasteiger charge is -2.33. The lowest BCUT2D eigenvalue weighted by atomic mass is 9.69. The van der Waals surface area contributed by atoms with Crippen LogP contribution in [0.2, 0.25) is 0 Å². The highest BCUT2D eigenvalue weighted by molar-refractivity contribution is 5.89. The molecule has 74 valence electrons. The number of carbonyl (C=O) groups excluding carboxylic acids is 1. The van der Waals surface area contributed by atoms with Crippen molar-refractivity contribution < 1.29 is 4.79 Å². The van der Waals surface area contributed by atoms with Crippen LogP contribution < -0.4 is 0 Å². The molecule has 0 bridgehead atoms. The number of ketones is 1. The zero-order chi connectivity index (χ0) is 10.3. The quantitative estimate of drug-likeness (QED) is 0.662. The molecule has 1 aliphatic rings. The summed E-state index contributed by atoms with van der Waals surface area (Å²) in [4.78, 5) is 11.2. The molecule has 0 aliphatic heterocycles. The molecule has 2 rings (SSSR count). The summed E-state index contributed by atoms with van der Waals surface area (Å²) >= 11 is 0. The maximum Gasteiger partial charge on any atom is 0.136 e. The summed E-state index contributed by atoms with van der Waals surface area (Å²) in [5, 5.41) is 0.